The number of anilines is 1. The number of amidine groups is 1. The molecule has 3 rings (SSSR count). The van der Waals surface area contributed by atoms with E-state index >= 15 is 0 Å². The van der Waals surface area contributed by atoms with Crippen molar-refractivity contribution in [1.82, 2.24) is 4.90 Å². The molecule has 29 heavy (non-hydrogen) atoms. The number of carbonyl (C=O) groups is 2. The Kier molecular flexibility index (Phi) is 7.04. The number of hydrogen-bond acceptors (Lipinski definition) is 4. The number of unbranched alkanes of at least 4 members (excludes halogenated alkanes) is 1. The molecule has 0 radical (unpaired) electrons. The van der Waals surface area contributed by atoms with E-state index in [0.717, 1.165) is 24.1 Å². The number of carbonyl (C=O) groups excluding carboxylic acids is 2. The van der Waals surface area contributed by atoms with Crippen LogP contribution < -0.4 is 5.32 Å². The van der Waals surface area contributed by atoms with Crippen LogP contribution >= 0.6 is 11.8 Å². The molecule has 0 aromatic heterocycles. The highest BCUT2D eigenvalue weighted by Gasteiger charge is 2.38. The molecule has 1 atom stereocenters. The zero-order valence-corrected chi connectivity index (χ0v) is 17.3. The molecule has 1 aliphatic heterocycles. The van der Waals surface area contributed by atoms with E-state index in [4.69, 9.17) is 4.99 Å². The van der Waals surface area contributed by atoms with Crippen LogP contribution in [0, 0.1) is 12.7 Å². The van der Waals surface area contributed by atoms with Crippen molar-refractivity contribution < 1.29 is 14.0 Å². The average molecular weight is 414 g/mol. The fraction of sp³-hybridized carbons (Fsp3) is 0.318. The highest BCUT2D eigenvalue weighted by atomic mass is 32.2. The SMILES string of the molecule is CCCCN1C(=O)[C@H](CC(=O)Nc2ccccc2F)SC1=Nc1ccccc1C. The normalized spacial score (nSPS) is 17.8. The molecule has 0 spiro atoms. The molecule has 0 unspecified atom stereocenters. The largest absolute Gasteiger partial charge is 0.324 e. The van der Waals surface area contributed by atoms with Gasteiger partial charge >= 0.3 is 0 Å². The number of hydrogen-bond donors (Lipinski definition) is 1. The van der Waals surface area contributed by atoms with Gasteiger partial charge in [-0.25, -0.2) is 9.38 Å². The molecule has 1 N–H and O–H groups in total. The van der Waals surface area contributed by atoms with Crippen molar-refractivity contribution in [2.24, 2.45) is 4.99 Å². The highest BCUT2D eigenvalue weighted by Crippen LogP contribution is 2.33. The van der Waals surface area contributed by atoms with Crippen LogP contribution in [0.3, 0.4) is 0 Å². The quantitative estimate of drug-likeness (QED) is 0.703. The van der Waals surface area contributed by atoms with Crippen LogP contribution in [0.2, 0.25) is 0 Å². The zero-order valence-electron chi connectivity index (χ0n) is 16.5. The Hall–Kier alpha value is -2.67. The Morgan fingerprint density at radius 2 is 1.93 bits per heavy atom. The predicted octanol–water partition coefficient (Wildman–Crippen LogP) is 4.89. The van der Waals surface area contributed by atoms with Gasteiger partial charge in [-0.05, 0) is 37.1 Å². The molecule has 1 saturated heterocycles. The fourth-order valence-electron chi connectivity index (χ4n) is 2.97. The molecule has 5 nitrogen and oxygen atoms in total. The Labute approximate surface area is 174 Å². The second kappa shape index (κ2) is 9.69. The highest BCUT2D eigenvalue weighted by molar-refractivity contribution is 8.15. The Morgan fingerprint density at radius 3 is 2.66 bits per heavy atom. The van der Waals surface area contributed by atoms with Gasteiger partial charge in [-0.2, -0.15) is 0 Å². The molecule has 7 heteroatoms. The van der Waals surface area contributed by atoms with Gasteiger partial charge in [-0.15, -0.1) is 0 Å². The molecule has 0 saturated carbocycles. The summed E-state index contributed by atoms with van der Waals surface area (Å²) >= 11 is 1.30. The first-order chi connectivity index (χ1) is 14.0. The molecule has 152 valence electrons. The molecule has 2 aromatic rings. The molecule has 2 aromatic carbocycles. The number of para-hydroxylation sites is 2. The predicted molar refractivity (Wildman–Crippen MR) is 116 cm³/mol. The van der Waals surface area contributed by atoms with Crippen LogP contribution in [0.15, 0.2) is 53.5 Å². The minimum Gasteiger partial charge on any atom is -0.324 e. The minimum absolute atomic E-state index is 0.0345. The van der Waals surface area contributed by atoms with E-state index < -0.39 is 17.0 Å². The number of nitrogens with zero attached hydrogens (tertiary/aromatic N) is 2. The van der Waals surface area contributed by atoms with Gasteiger partial charge in [0.05, 0.1) is 11.4 Å². The van der Waals surface area contributed by atoms with Gasteiger partial charge in [-0.3, -0.25) is 14.5 Å². The summed E-state index contributed by atoms with van der Waals surface area (Å²) in [5.41, 5.74) is 1.94. The number of amides is 2. The summed E-state index contributed by atoms with van der Waals surface area (Å²) < 4.78 is 13.8. The Balaban J connectivity index is 1.76. The first kappa shape index (κ1) is 21.0. The summed E-state index contributed by atoms with van der Waals surface area (Å²) in [6.45, 7) is 4.60. The van der Waals surface area contributed by atoms with Crippen molar-refractivity contribution in [1.29, 1.82) is 0 Å². The lowest BCUT2D eigenvalue weighted by molar-refractivity contribution is -0.128. The van der Waals surface area contributed by atoms with Crippen molar-refractivity contribution in [2.75, 3.05) is 11.9 Å². The van der Waals surface area contributed by atoms with Crippen molar-refractivity contribution in [3.05, 3.63) is 59.9 Å². The summed E-state index contributed by atoms with van der Waals surface area (Å²) in [6.07, 6.45) is 1.77. The molecular formula is C22H24FN3O2S. The number of nitrogens with one attached hydrogen (secondary N) is 1. The van der Waals surface area contributed by atoms with Gasteiger partial charge < -0.3 is 5.32 Å². The van der Waals surface area contributed by atoms with E-state index in [1.54, 1.807) is 17.0 Å². The second-order valence-electron chi connectivity index (χ2n) is 6.86. The van der Waals surface area contributed by atoms with E-state index in [1.165, 1.54) is 23.9 Å². The van der Waals surface area contributed by atoms with Gasteiger partial charge in [0, 0.05) is 13.0 Å². The van der Waals surface area contributed by atoms with Crippen LogP contribution in [-0.2, 0) is 9.59 Å². The van der Waals surface area contributed by atoms with Crippen LogP contribution in [-0.4, -0.2) is 33.7 Å². The van der Waals surface area contributed by atoms with E-state index in [9.17, 15) is 14.0 Å². The first-order valence-corrected chi connectivity index (χ1v) is 10.5. The molecule has 1 fully saturated rings. The Morgan fingerprint density at radius 1 is 1.21 bits per heavy atom. The van der Waals surface area contributed by atoms with E-state index in [2.05, 4.69) is 12.2 Å². The van der Waals surface area contributed by atoms with Gasteiger partial charge in [-0.1, -0.05) is 55.4 Å². The number of halogens is 1. The zero-order chi connectivity index (χ0) is 20.8. The van der Waals surface area contributed by atoms with Crippen molar-refractivity contribution in [3.63, 3.8) is 0 Å². The maximum atomic E-state index is 13.8. The van der Waals surface area contributed by atoms with Crippen molar-refractivity contribution in [2.45, 2.75) is 38.4 Å². The van der Waals surface area contributed by atoms with Gasteiger partial charge in [0.25, 0.3) is 0 Å². The lowest BCUT2D eigenvalue weighted by Gasteiger charge is -2.16. The molecule has 0 bridgehead atoms. The number of benzene rings is 2. The topological polar surface area (TPSA) is 61.8 Å². The van der Waals surface area contributed by atoms with E-state index in [1.807, 2.05) is 31.2 Å². The molecule has 0 aliphatic carbocycles. The smallest absolute Gasteiger partial charge is 0.242 e. The number of aryl methyl sites for hydroxylation is 1. The summed E-state index contributed by atoms with van der Waals surface area (Å²) in [7, 11) is 0. The van der Waals surface area contributed by atoms with Crippen molar-refractivity contribution in [3.8, 4) is 0 Å². The van der Waals surface area contributed by atoms with Gasteiger partial charge in [0.2, 0.25) is 11.8 Å². The lowest BCUT2D eigenvalue weighted by Crippen LogP contribution is -2.34. The summed E-state index contributed by atoms with van der Waals surface area (Å²) in [6, 6.07) is 13.7. The maximum absolute atomic E-state index is 13.8. The summed E-state index contributed by atoms with van der Waals surface area (Å²) in [4.78, 5) is 31.7. The third-order valence-electron chi connectivity index (χ3n) is 4.61. The molecule has 1 aliphatic rings. The van der Waals surface area contributed by atoms with Crippen LogP contribution in [0.5, 0.6) is 0 Å². The molecular weight excluding hydrogens is 389 g/mol. The maximum Gasteiger partial charge on any atom is 0.242 e. The summed E-state index contributed by atoms with van der Waals surface area (Å²) in [5.74, 6) is -1.02. The molecule has 1 heterocycles. The minimum atomic E-state index is -0.568. The monoisotopic (exact) mass is 413 g/mol. The van der Waals surface area contributed by atoms with Crippen molar-refractivity contribution >= 4 is 40.1 Å². The number of rotatable bonds is 7. The van der Waals surface area contributed by atoms with Gasteiger partial charge in [0.15, 0.2) is 5.17 Å². The van der Waals surface area contributed by atoms with Crippen LogP contribution in [0.1, 0.15) is 31.7 Å². The summed E-state index contributed by atoms with van der Waals surface area (Å²) in [5, 5.41) is 2.60. The molecule has 2 amide bonds. The number of thioether (sulfide) groups is 1. The third kappa shape index (κ3) is 5.23. The third-order valence-corrected chi connectivity index (χ3v) is 5.78. The van der Waals surface area contributed by atoms with Crippen LogP contribution in [0.25, 0.3) is 0 Å². The lowest BCUT2D eigenvalue weighted by atomic mass is 10.2. The van der Waals surface area contributed by atoms with E-state index in [0.29, 0.717) is 11.7 Å². The van der Waals surface area contributed by atoms with E-state index in [-0.39, 0.29) is 18.0 Å². The first-order valence-electron chi connectivity index (χ1n) is 9.66. The average Bonchev–Trinajstić information content (AvgIpc) is 2.98. The number of aliphatic imine (C=N–C) groups is 1. The fourth-order valence-corrected chi connectivity index (χ4v) is 4.15. The second-order valence-corrected chi connectivity index (χ2v) is 8.03. The van der Waals surface area contributed by atoms with Crippen LogP contribution in [0.4, 0.5) is 15.8 Å². The Bertz CT molecular complexity index is 932. The van der Waals surface area contributed by atoms with Gasteiger partial charge in [0.1, 0.15) is 11.1 Å². The standard InChI is InChI=1S/C22H24FN3O2S/c1-3-4-13-26-21(28)19(14-20(27)24-18-12-8-6-10-16(18)23)29-22(26)25-17-11-7-5-9-15(17)2/h5-12,19H,3-4,13-14H2,1-2H3,(H,24,27)/t19-/m0/s1.